The molecule has 130 valence electrons. The summed E-state index contributed by atoms with van der Waals surface area (Å²) in [7, 11) is 0. The van der Waals surface area contributed by atoms with Crippen molar-refractivity contribution >= 4 is 17.3 Å². The lowest BCUT2D eigenvalue weighted by molar-refractivity contribution is 0.0171. The molecule has 0 spiro atoms. The van der Waals surface area contributed by atoms with Gasteiger partial charge < -0.3 is 19.3 Å². The minimum absolute atomic E-state index is 0.0355. The fraction of sp³-hybridized carbons (Fsp3) is 0.588. The highest BCUT2D eigenvalue weighted by molar-refractivity contribution is 5.71. The van der Waals surface area contributed by atoms with Crippen molar-refractivity contribution in [3.63, 3.8) is 0 Å². The molecule has 0 radical (unpaired) electrons. The second-order valence-electron chi connectivity index (χ2n) is 7.12. The van der Waals surface area contributed by atoms with Crippen molar-refractivity contribution in [1.29, 1.82) is 0 Å². The Morgan fingerprint density at radius 2 is 2.25 bits per heavy atom. The largest absolute Gasteiger partial charge is 0.444 e. The topological polar surface area (TPSA) is 80.5 Å². The van der Waals surface area contributed by atoms with Crippen LogP contribution in [0.2, 0.25) is 0 Å². The number of likely N-dealkylation sites (tertiary alicyclic amines) is 1. The van der Waals surface area contributed by atoms with Crippen molar-refractivity contribution in [3.05, 3.63) is 24.2 Å². The van der Waals surface area contributed by atoms with E-state index in [-0.39, 0.29) is 18.7 Å². The summed E-state index contributed by atoms with van der Waals surface area (Å²) < 4.78 is 7.45. The van der Waals surface area contributed by atoms with Gasteiger partial charge in [0.25, 0.3) is 0 Å². The zero-order valence-electron chi connectivity index (χ0n) is 14.4. The Hall–Kier alpha value is -2.15. The van der Waals surface area contributed by atoms with Crippen LogP contribution >= 0.6 is 0 Å². The number of aliphatic hydroxyl groups excluding tert-OH is 1. The maximum absolute atomic E-state index is 12.4. The molecule has 1 amide bonds. The van der Waals surface area contributed by atoms with Gasteiger partial charge in [-0.2, -0.15) is 0 Å². The molecule has 0 saturated carbocycles. The maximum atomic E-state index is 12.4. The Balaban J connectivity index is 1.86. The van der Waals surface area contributed by atoms with Gasteiger partial charge in [-0.25, -0.2) is 14.8 Å². The van der Waals surface area contributed by atoms with Crippen molar-refractivity contribution in [2.75, 3.05) is 13.1 Å². The molecule has 1 N–H and O–H groups in total. The van der Waals surface area contributed by atoms with Crippen molar-refractivity contribution in [3.8, 4) is 0 Å². The number of pyridine rings is 1. The van der Waals surface area contributed by atoms with Gasteiger partial charge in [-0.1, -0.05) is 0 Å². The molecule has 1 atom stereocenters. The van der Waals surface area contributed by atoms with Crippen molar-refractivity contribution in [2.24, 2.45) is 0 Å². The monoisotopic (exact) mass is 332 g/mol. The van der Waals surface area contributed by atoms with Gasteiger partial charge in [-0.05, 0) is 45.7 Å². The fourth-order valence-corrected chi connectivity index (χ4v) is 3.13. The van der Waals surface area contributed by atoms with Gasteiger partial charge in [0.2, 0.25) is 0 Å². The van der Waals surface area contributed by atoms with Crippen LogP contribution in [0.15, 0.2) is 18.3 Å². The molecule has 2 aromatic heterocycles. The predicted octanol–water partition coefficient (Wildman–Crippen LogP) is 2.50. The average Bonchev–Trinajstić information content (AvgIpc) is 2.92. The quantitative estimate of drug-likeness (QED) is 0.914. The number of ether oxygens (including phenoxy) is 1. The van der Waals surface area contributed by atoms with Gasteiger partial charge in [0, 0.05) is 19.3 Å². The van der Waals surface area contributed by atoms with E-state index >= 15 is 0 Å². The van der Waals surface area contributed by atoms with Crippen LogP contribution in [-0.2, 0) is 11.3 Å². The number of aromatic nitrogens is 3. The number of nitrogens with zero attached hydrogens (tertiary/aromatic N) is 4. The second-order valence-corrected chi connectivity index (χ2v) is 7.12. The Kier molecular flexibility index (Phi) is 4.45. The summed E-state index contributed by atoms with van der Waals surface area (Å²) in [5, 5.41) is 9.66. The SMILES string of the molecule is CC(C)(C)OC(=O)N1CCCC(n2c(CO)nc3cccnc32)C1. The Bertz CT molecular complexity index is 735. The highest BCUT2D eigenvalue weighted by atomic mass is 16.6. The number of aliphatic hydroxyl groups is 1. The molecule has 0 aliphatic carbocycles. The minimum Gasteiger partial charge on any atom is -0.444 e. The van der Waals surface area contributed by atoms with Gasteiger partial charge in [-0.3, -0.25) is 0 Å². The van der Waals surface area contributed by atoms with Gasteiger partial charge in [0.15, 0.2) is 5.65 Å². The summed E-state index contributed by atoms with van der Waals surface area (Å²) in [6.07, 6.45) is 3.21. The van der Waals surface area contributed by atoms with Crippen molar-refractivity contribution in [1.82, 2.24) is 19.4 Å². The van der Waals surface area contributed by atoms with E-state index in [9.17, 15) is 9.90 Å². The molecule has 1 saturated heterocycles. The number of hydrogen-bond donors (Lipinski definition) is 1. The van der Waals surface area contributed by atoms with E-state index in [1.54, 1.807) is 11.1 Å². The minimum atomic E-state index is -0.510. The van der Waals surface area contributed by atoms with Gasteiger partial charge >= 0.3 is 6.09 Å². The first-order valence-electron chi connectivity index (χ1n) is 8.29. The smallest absolute Gasteiger partial charge is 0.410 e. The molecule has 7 heteroatoms. The molecular formula is C17H24N4O3. The summed E-state index contributed by atoms with van der Waals surface area (Å²) in [5.41, 5.74) is 0.998. The van der Waals surface area contributed by atoms with E-state index in [1.807, 2.05) is 37.5 Å². The van der Waals surface area contributed by atoms with Crippen LogP contribution in [0, 0.1) is 0 Å². The highest BCUT2D eigenvalue weighted by Crippen LogP contribution is 2.28. The summed E-state index contributed by atoms with van der Waals surface area (Å²) in [6, 6.07) is 3.74. The van der Waals surface area contributed by atoms with Crippen LogP contribution in [-0.4, -0.2) is 49.3 Å². The van der Waals surface area contributed by atoms with Gasteiger partial charge in [0.1, 0.15) is 23.5 Å². The number of imidazole rings is 1. The molecule has 1 aliphatic heterocycles. The first kappa shape index (κ1) is 16.7. The van der Waals surface area contributed by atoms with E-state index in [1.165, 1.54) is 0 Å². The van der Waals surface area contributed by atoms with E-state index < -0.39 is 5.60 Å². The third-order valence-corrected chi connectivity index (χ3v) is 4.08. The predicted molar refractivity (Wildman–Crippen MR) is 89.5 cm³/mol. The lowest BCUT2D eigenvalue weighted by Crippen LogP contribution is -2.43. The molecule has 3 heterocycles. The van der Waals surface area contributed by atoms with Gasteiger partial charge in [0.05, 0.1) is 6.04 Å². The number of hydrogen-bond acceptors (Lipinski definition) is 5. The zero-order valence-corrected chi connectivity index (χ0v) is 14.4. The fourth-order valence-electron chi connectivity index (χ4n) is 3.13. The Labute approximate surface area is 141 Å². The van der Waals surface area contributed by atoms with E-state index in [4.69, 9.17) is 4.74 Å². The zero-order chi connectivity index (χ0) is 17.3. The third kappa shape index (κ3) is 3.36. The average molecular weight is 332 g/mol. The molecular weight excluding hydrogens is 308 g/mol. The Morgan fingerprint density at radius 3 is 2.96 bits per heavy atom. The van der Waals surface area contributed by atoms with Crippen LogP contribution in [0.4, 0.5) is 4.79 Å². The molecule has 7 nitrogen and oxygen atoms in total. The molecule has 1 unspecified atom stereocenters. The summed E-state index contributed by atoms with van der Waals surface area (Å²) >= 11 is 0. The number of rotatable bonds is 2. The summed E-state index contributed by atoms with van der Waals surface area (Å²) in [4.78, 5) is 23.0. The van der Waals surface area contributed by atoms with Gasteiger partial charge in [-0.15, -0.1) is 0 Å². The lowest BCUT2D eigenvalue weighted by atomic mass is 10.1. The van der Waals surface area contributed by atoms with Crippen LogP contribution in [0.1, 0.15) is 45.5 Å². The molecule has 0 aromatic carbocycles. The number of piperidine rings is 1. The van der Waals surface area contributed by atoms with E-state index in [0.717, 1.165) is 24.0 Å². The normalized spacial score (nSPS) is 18.8. The van der Waals surface area contributed by atoms with Crippen molar-refractivity contribution < 1.29 is 14.6 Å². The standard InChI is InChI=1S/C17H24N4O3/c1-17(2,3)24-16(23)20-9-5-6-12(10-20)21-14(11-22)19-13-7-4-8-18-15(13)21/h4,7-8,12,22H,5-6,9-11H2,1-3H3. The number of carbonyl (C=O) groups is 1. The number of fused-ring (bicyclic) bond motifs is 1. The van der Waals surface area contributed by atoms with Crippen LogP contribution in [0.25, 0.3) is 11.2 Å². The Morgan fingerprint density at radius 1 is 1.46 bits per heavy atom. The summed E-state index contributed by atoms with van der Waals surface area (Å²) in [6.45, 7) is 6.65. The maximum Gasteiger partial charge on any atom is 0.410 e. The first-order valence-corrected chi connectivity index (χ1v) is 8.29. The number of carbonyl (C=O) groups excluding carboxylic acids is 1. The molecule has 2 aromatic rings. The second kappa shape index (κ2) is 6.39. The van der Waals surface area contributed by atoms with E-state index in [2.05, 4.69) is 9.97 Å². The van der Waals surface area contributed by atoms with Crippen LogP contribution in [0.3, 0.4) is 0 Å². The van der Waals surface area contributed by atoms with Crippen LogP contribution < -0.4 is 0 Å². The molecule has 1 fully saturated rings. The summed E-state index contributed by atoms with van der Waals surface area (Å²) in [5.74, 6) is 0.583. The first-order chi connectivity index (χ1) is 11.4. The molecule has 24 heavy (non-hydrogen) atoms. The molecule has 0 bridgehead atoms. The van der Waals surface area contributed by atoms with Crippen LogP contribution in [0.5, 0.6) is 0 Å². The lowest BCUT2D eigenvalue weighted by Gasteiger charge is -2.35. The van der Waals surface area contributed by atoms with E-state index in [0.29, 0.717) is 18.9 Å². The molecule has 3 rings (SSSR count). The number of amides is 1. The van der Waals surface area contributed by atoms with Crippen molar-refractivity contribution in [2.45, 2.75) is 51.9 Å². The molecule has 1 aliphatic rings. The highest BCUT2D eigenvalue weighted by Gasteiger charge is 2.30. The third-order valence-electron chi connectivity index (χ3n) is 4.08.